The van der Waals surface area contributed by atoms with Gasteiger partial charge in [-0.1, -0.05) is 0 Å². The van der Waals surface area contributed by atoms with Crippen LogP contribution in [0.1, 0.15) is 19.3 Å². The number of hydrogen-bond donors (Lipinski definition) is 1. The average molecular weight is 293 g/mol. The molecule has 2 heterocycles. The molecule has 1 saturated heterocycles. The van der Waals surface area contributed by atoms with Crippen molar-refractivity contribution < 1.29 is 24.1 Å². The van der Waals surface area contributed by atoms with Crippen LogP contribution in [0.3, 0.4) is 0 Å². The molecule has 1 aromatic carbocycles. The number of nitrogens with zero attached hydrogens (tertiary/aromatic N) is 1. The fourth-order valence-electron chi connectivity index (χ4n) is 2.71. The summed E-state index contributed by atoms with van der Waals surface area (Å²) in [6.07, 6.45) is 2.27. The Morgan fingerprint density at radius 1 is 1.38 bits per heavy atom. The maximum atomic E-state index is 10.6. The first-order chi connectivity index (χ1) is 10.2. The molecule has 1 unspecified atom stereocenters. The van der Waals surface area contributed by atoms with Crippen molar-refractivity contribution in [3.05, 3.63) is 18.2 Å². The maximum Gasteiger partial charge on any atom is 0.304 e. The number of carbonyl (C=O) groups is 1. The molecule has 2 aliphatic heterocycles. The highest BCUT2D eigenvalue weighted by Crippen LogP contribution is 2.35. The fraction of sp³-hybridized carbons (Fsp3) is 0.533. The normalized spacial score (nSPS) is 21.2. The second kappa shape index (κ2) is 6.22. The van der Waals surface area contributed by atoms with Gasteiger partial charge in [-0.05, 0) is 31.5 Å². The molecule has 1 aromatic rings. The number of benzene rings is 1. The average Bonchev–Trinajstić information content (AvgIpc) is 2.93. The van der Waals surface area contributed by atoms with Crippen molar-refractivity contribution in [1.82, 2.24) is 4.90 Å². The minimum Gasteiger partial charge on any atom is -0.489 e. The Kier molecular flexibility index (Phi) is 4.15. The van der Waals surface area contributed by atoms with Crippen LogP contribution in [-0.2, 0) is 4.79 Å². The Hall–Kier alpha value is -1.95. The molecule has 0 amide bonds. The summed E-state index contributed by atoms with van der Waals surface area (Å²) in [6, 6.07) is 5.57. The number of rotatable bonds is 5. The third-order valence-corrected chi connectivity index (χ3v) is 3.75. The number of hydrogen-bond acceptors (Lipinski definition) is 5. The standard InChI is InChI=1S/C15H19NO5/c17-15(18)5-7-16-6-1-2-12(9-16)21-11-3-4-13-14(8-11)20-10-19-13/h3-4,8,12H,1-2,5-7,9-10H2,(H,17,18). The topological polar surface area (TPSA) is 68.2 Å². The largest absolute Gasteiger partial charge is 0.489 e. The summed E-state index contributed by atoms with van der Waals surface area (Å²) >= 11 is 0. The van der Waals surface area contributed by atoms with Crippen LogP contribution in [0.2, 0.25) is 0 Å². The maximum absolute atomic E-state index is 10.6. The van der Waals surface area contributed by atoms with Gasteiger partial charge in [0.15, 0.2) is 11.5 Å². The third kappa shape index (κ3) is 3.58. The SMILES string of the molecule is O=C(O)CCN1CCCC(Oc2ccc3c(c2)OCO3)C1. The summed E-state index contributed by atoms with van der Waals surface area (Å²) in [4.78, 5) is 12.8. The van der Waals surface area contributed by atoms with Crippen LogP contribution in [0, 0.1) is 0 Å². The van der Waals surface area contributed by atoms with E-state index in [0.717, 1.165) is 37.4 Å². The quantitative estimate of drug-likeness (QED) is 0.891. The van der Waals surface area contributed by atoms with E-state index in [9.17, 15) is 4.79 Å². The van der Waals surface area contributed by atoms with Gasteiger partial charge in [0, 0.05) is 19.2 Å². The van der Waals surface area contributed by atoms with Crippen LogP contribution in [0.25, 0.3) is 0 Å². The predicted octanol–water partition coefficient (Wildman–Crippen LogP) is 1.73. The minimum atomic E-state index is -0.756. The molecule has 0 radical (unpaired) electrons. The van der Waals surface area contributed by atoms with E-state index in [4.69, 9.17) is 19.3 Å². The van der Waals surface area contributed by atoms with Crippen molar-refractivity contribution in [1.29, 1.82) is 0 Å². The van der Waals surface area contributed by atoms with E-state index in [1.54, 1.807) is 0 Å². The van der Waals surface area contributed by atoms with E-state index < -0.39 is 5.97 Å². The van der Waals surface area contributed by atoms with Gasteiger partial charge in [-0.15, -0.1) is 0 Å². The third-order valence-electron chi connectivity index (χ3n) is 3.75. The van der Waals surface area contributed by atoms with Crippen molar-refractivity contribution in [2.24, 2.45) is 0 Å². The second-order valence-corrected chi connectivity index (χ2v) is 5.34. The van der Waals surface area contributed by atoms with Gasteiger partial charge < -0.3 is 19.3 Å². The van der Waals surface area contributed by atoms with Crippen molar-refractivity contribution in [3.63, 3.8) is 0 Å². The zero-order valence-electron chi connectivity index (χ0n) is 11.8. The first kappa shape index (κ1) is 14.0. The summed E-state index contributed by atoms with van der Waals surface area (Å²) in [5, 5.41) is 8.75. The summed E-state index contributed by atoms with van der Waals surface area (Å²) in [7, 11) is 0. The molecular weight excluding hydrogens is 274 g/mol. The van der Waals surface area contributed by atoms with Gasteiger partial charge in [0.05, 0.1) is 6.42 Å². The van der Waals surface area contributed by atoms with Crippen LogP contribution in [0.4, 0.5) is 0 Å². The molecule has 114 valence electrons. The number of fused-ring (bicyclic) bond motifs is 1. The number of carboxylic acids is 1. The molecule has 2 aliphatic rings. The number of piperidine rings is 1. The van der Waals surface area contributed by atoms with Gasteiger partial charge in [0.1, 0.15) is 11.9 Å². The van der Waals surface area contributed by atoms with Crippen LogP contribution in [0.5, 0.6) is 17.2 Å². The van der Waals surface area contributed by atoms with Gasteiger partial charge in [-0.25, -0.2) is 0 Å². The zero-order chi connectivity index (χ0) is 14.7. The van der Waals surface area contributed by atoms with Crippen LogP contribution >= 0.6 is 0 Å². The molecule has 21 heavy (non-hydrogen) atoms. The molecule has 0 bridgehead atoms. The number of aliphatic carboxylic acids is 1. The van der Waals surface area contributed by atoms with E-state index in [1.165, 1.54) is 0 Å². The molecule has 6 nitrogen and oxygen atoms in total. The van der Waals surface area contributed by atoms with Crippen LogP contribution in [0.15, 0.2) is 18.2 Å². The van der Waals surface area contributed by atoms with Gasteiger partial charge in [-0.3, -0.25) is 9.69 Å². The van der Waals surface area contributed by atoms with E-state index in [0.29, 0.717) is 12.3 Å². The van der Waals surface area contributed by atoms with Crippen molar-refractivity contribution in [3.8, 4) is 17.2 Å². The summed E-state index contributed by atoms with van der Waals surface area (Å²) < 4.78 is 16.6. The van der Waals surface area contributed by atoms with Gasteiger partial charge in [0.25, 0.3) is 0 Å². The Balaban J connectivity index is 1.55. The monoisotopic (exact) mass is 293 g/mol. The van der Waals surface area contributed by atoms with E-state index in [2.05, 4.69) is 4.90 Å². The highest BCUT2D eigenvalue weighted by Gasteiger charge is 2.22. The lowest BCUT2D eigenvalue weighted by molar-refractivity contribution is -0.137. The molecular formula is C15H19NO5. The predicted molar refractivity (Wildman–Crippen MR) is 74.9 cm³/mol. The molecule has 0 aromatic heterocycles. The van der Waals surface area contributed by atoms with E-state index in [1.807, 2.05) is 18.2 Å². The summed E-state index contributed by atoms with van der Waals surface area (Å²) in [5.74, 6) is 1.47. The Morgan fingerprint density at radius 2 is 2.24 bits per heavy atom. The molecule has 1 atom stereocenters. The first-order valence-electron chi connectivity index (χ1n) is 7.21. The van der Waals surface area contributed by atoms with Crippen LogP contribution in [-0.4, -0.2) is 48.5 Å². The van der Waals surface area contributed by atoms with Gasteiger partial charge in [0.2, 0.25) is 6.79 Å². The van der Waals surface area contributed by atoms with Crippen molar-refractivity contribution in [2.75, 3.05) is 26.4 Å². The Bertz CT molecular complexity index is 519. The Labute approximate surface area is 123 Å². The minimum absolute atomic E-state index is 0.0907. The summed E-state index contributed by atoms with van der Waals surface area (Å²) in [5.41, 5.74) is 0. The lowest BCUT2D eigenvalue weighted by Gasteiger charge is -2.32. The van der Waals surface area contributed by atoms with Crippen LogP contribution < -0.4 is 14.2 Å². The molecule has 6 heteroatoms. The molecule has 3 rings (SSSR count). The molecule has 1 N–H and O–H groups in total. The first-order valence-corrected chi connectivity index (χ1v) is 7.21. The molecule has 0 spiro atoms. The zero-order valence-corrected chi connectivity index (χ0v) is 11.8. The van der Waals surface area contributed by atoms with E-state index in [-0.39, 0.29) is 19.3 Å². The fourth-order valence-corrected chi connectivity index (χ4v) is 2.71. The summed E-state index contributed by atoms with van der Waals surface area (Å²) in [6.45, 7) is 2.54. The van der Waals surface area contributed by atoms with Gasteiger partial charge in [-0.2, -0.15) is 0 Å². The van der Waals surface area contributed by atoms with Crippen molar-refractivity contribution in [2.45, 2.75) is 25.4 Å². The molecule has 1 fully saturated rings. The highest BCUT2D eigenvalue weighted by molar-refractivity contribution is 5.66. The van der Waals surface area contributed by atoms with Gasteiger partial charge >= 0.3 is 5.97 Å². The molecule has 0 saturated carbocycles. The number of ether oxygens (including phenoxy) is 3. The lowest BCUT2D eigenvalue weighted by Crippen LogP contribution is -2.41. The molecule has 0 aliphatic carbocycles. The second-order valence-electron chi connectivity index (χ2n) is 5.34. The highest BCUT2D eigenvalue weighted by atomic mass is 16.7. The number of carboxylic acid groups (broad SMARTS) is 1. The smallest absolute Gasteiger partial charge is 0.304 e. The number of likely N-dealkylation sites (tertiary alicyclic amines) is 1. The lowest BCUT2D eigenvalue weighted by atomic mass is 10.1. The Morgan fingerprint density at radius 3 is 3.10 bits per heavy atom. The van der Waals surface area contributed by atoms with Crippen molar-refractivity contribution >= 4 is 5.97 Å². The van der Waals surface area contributed by atoms with E-state index >= 15 is 0 Å².